The van der Waals surface area contributed by atoms with Crippen LogP contribution in [0.1, 0.15) is 15.9 Å². The molecule has 0 aliphatic carbocycles. The summed E-state index contributed by atoms with van der Waals surface area (Å²) in [5.74, 6) is 0.172. The fourth-order valence-electron chi connectivity index (χ4n) is 1.80. The number of carbonyl (C=O) groups excluding carboxylic acids is 1. The van der Waals surface area contributed by atoms with Crippen molar-refractivity contribution < 1.29 is 9.00 Å². The molecule has 0 aliphatic heterocycles. The largest absolute Gasteiger partial charge is 0.355 e. The van der Waals surface area contributed by atoms with E-state index in [0.717, 1.165) is 10.0 Å². The quantitative estimate of drug-likeness (QED) is 0.919. The summed E-state index contributed by atoms with van der Waals surface area (Å²) in [7, 11) is 0.315. The van der Waals surface area contributed by atoms with Gasteiger partial charge in [-0.2, -0.15) is 0 Å². The van der Waals surface area contributed by atoms with Gasteiger partial charge in [-0.15, -0.1) is 0 Å². The molecule has 0 saturated carbocycles. The maximum Gasteiger partial charge on any atom is 0.252 e. The second-order valence-corrected chi connectivity index (χ2v) is 6.53. The van der Waals surface area contributed by atoms with Gasteiger partial charge in [-0.05, 0) is 29.8 Å². The molecule has 2 aromatic rings. The summed E-state index contributed by atoms with van der Waals surface area (Å²) in [6.45, 7) is 0. The van der Waals surface area contributed by atoms with Crippen LogP contribution in [-0.4, -0.2) is 17.2 Å². The Labute approximate surface area is 129 Å². The van der Waals surface area contributed by atoms with Crippen LogP contribution in [-0.2, 0) is 16.6 Å². The molecule has 0 saturated heterocycles. The second kappa shape index (κ2) is 6.81. The number of carbonyl (C=O) groups is 1. The molecule has 0 radical (unpaired) electrons. The third-order valence-electron chi connectivity index (χ3n) is 2.82. The van der Waals surface area contributed by atoms with E-state index in [2.05, 4.69) is 21.2 Å². The van der Waals surface area contributed by atoms with Gasteiger partial charge in [0.05, 0.1) is 27.0 Å². The van der Waals surface area contributed by atoms with Crippen molar-refractivity contribution in [1.82, 2.24) is 5.32 Å². The van der Waals surface area contributed by atoms with Crippen molar-refractivity contribution in [2.75, 3.05) is 7.05 Å². The molecule has 0 heterocycles. The molecular weight excluding hydrogens is 338 g/mol. The zero-order chi connectivity index (χ0) is 14.5. The molecule has 0 aromatic heterocycles. The first-order chi connectivity index (χ1) is 9.61. The van der Waals surface area contributed by atoms with Crippen molar-refractivity contribution >= 4 is 32.6 Å². The summed E-state index contributed by atoms with van der Waals surface area (Å²) in [6.07, 6.45) is 0. The Kier molecular flexibility index (Phi) is 5.09. The topological polar surface area (TPSA) is 46.2 Å². The van der Waals surface area contributed by atoms with Gasteiger partial charge in [-0.1, -0.05) is 40.2 Å². The van der Waals surface area contributed by atoms with Gasteiger partial charge in [0.2, 0.25) is 0 Å². The van der Waals surface area contributed by atoms with Gasteiger partial charge in [0, 0.05) is 11.5 Å². The zero-order valence-corrected chi connectivity index (χ0v) is 13.3. The van der Waals surface area contributed by atoms with Gasteiger partial charge in [-0.25, -0.2) is 0 Å². The smallest absolute Gasteiger partial charge is 0.252 e. The number of halogens is 1. The van der Waals surface area contributed by atoms with E-state index < -0.39 is 10.8 Å². The van der Waals surface area contributed by atoms with Crippen LogP contribution in [0.3, 0.4) is 0 Å². The normalized spacial score (nSPS) is 11.9. The van der Waals surface area contributed by atoms with Gasteiger partial charge in [0.25, 0.3) is 5.91 Å². The van der Waals surface area contributed by atoms with Gasteiger partial charge in [0.1, 0.15) is 0 Å². The molecule has 0 bridgehead atoms. The van der Waals surface area contributed by atoms with Crippen LogP contribution in [0.5, 0.6) is 0 Å². The molecule has 2 aromatic carbocycles. The van der Waals surface area contributed by atoms with Crippen molar-refractivity contribution in [3.63, 3.8) is 0 Å². The lowest BCUT2D eigenvalue weighted by atomic mass is 10.2. The summed E-state index contributed by atoms with van der Waals surface area (Å²) < 4.78 is 13.4. The predicted molar refractivity (Wildman–Crippen MR) is 84.1 cm³/mol. The van der Waals surface area contributed by atoms with Crippen molar-refractivity contribution in [2.24, 2.45) is 0 Å². The molecule has 0 spiro atoms. The highest BCUT2D eigenvalue weighted by Crippen LogP contribution is 2.18. The lowest BCUT2D eigenvalue weighted by Crippen LogP contribution is -2.20. The van der Waals surface area contributed by atoms with Crippen LogP contribution < -0.4 is 5.32 Å². The predicted octanol–water partition coefficient (Wildman–Crippen LogP) is 3.12. The molecule has 0 aliphatic rings. The van der Waals surface area contributed by atoms with Crippen molar-refractivity contribution in [3.05, 3.63) is 64.1 Å². The summed E-state index contributed by atoms with van der Waals surface area (Å²) in [6, 6.07) is 14.7. The molecule has 3 nitrogen and oxygen atoms in total. The van der Waals surface area contributed by atoms with Gasteiger partial charge in [0.15, 0.2) is 0 Å². The van der Waals surface area contributed by atoms with Crippen LogP contribution in [0.2, 0.25) is 0 Å². The summed E-state index contributed by atoms with van der Waals surface area (Å²) in [4.78, 5) is 12.3. The van der Waals surface area contributed by atoms with Crippen molar-refractivity contribution in [2.45, 2.75) is 10.6 Å². The summed E-state index contributed by atoms with van der Waals surface area (Å²) >= 11 is 3.37. The number of amides is 1. The number of nitrogens with one attached hydrogen (secondary N) is 1. The van der Waals surface area contributed by atoms with E-state index in [1.54, 1.807) is 31.3 Å². The number of hydrogen-bond acceptors (Lipinski definition) is 2. The van der Waals surface area contributed by atoms with Gasteiger partial charge in [-0.3, -0.25) is 9.00 Å². The Balaban J connectivity index is 2.25. The standard InChI is InChI=1S/C15H14BrNO2S/c1-17-15(18)13-4-2-3-5-14(13)20(19)10-11-6-8-12(16)9-7-11/h2-9H,10H2,1H3,(H,17,18)/t20-/m0/s1. The average molecular weight is 352 g/mol. The van der Waals surface area contributed by atoms with E-state index in [4.69, 9.17) is 0 Å². The van der Waals surface area contributed by atoms with E-state index >= 15 is 0 Å². The van der Waals surface area contributed by atoms with E-state index in [0.29, 0.717) is 16.2 Å². The Morgan fingerprint density at radius 2 is 1.80 bits per heavy atom. The molecule has 0 fully saturated rings. The lowest BCUT2D eigenvalue weighted by Gasteiger charge is -2.08. The fraction of sp³-hybridized carbons (Fsp3) is 0.133. The molecule has 2 rings (SSSR count). The van der Waals surface area contributed by atoms with Gasteiger partial charge < -0.3 is 5.32 Å². The number of hydrogen-bond donors (Lipinski definition) is 1. The van der Waals surface area contributed by atoms with Crippen LogP contribution in [0, 0.1) is 0 Å². The highest BCUT2D eigenvalue weighted by atomic mass is 79.9. The van der Waals surface area contributed by atoms with Gasteiger partial charge >= 0.3 is 0 Å². The highest BCUT2D eigenvalue weighted by Gasteiger charge is 2.14. The minimum Gasteiger partial charge on any atom is -0.355 e. The van der Waals surface area contributed by atoms with Crippen LogP contribution >= 0.6 is 15.9 Å². The van der Waals surface area contributed by atoms with E-state index in [1.165, 1.54) is 0 Å². The van der Waals surface area contributed by atoms with Crippen molar-refractivity contribution in [1.29, 1.82) is 0 Å². The third kappa shape index (κ3) is 3.55. The molecule has 0 unspecified atom stereocenters. The maximum atomic E-state index is 12.5. The first kappa shape index (κ1) is 14.9. The minimum atomic E-state index is -1.25. The van der Waals surface area contributed by atoms with Crippen LogP contribution in [0.25, 0.3) is 0 Å². The average Bonchev–Trinajstić information content (AvgIpc) is 2.48. The molecule has 1 N–H and O–H groups in total. The maximum absolute atomic E-state index is 12.5. The molecule has 5 heteroatoms. The second-order valence-electron chi connectivity index (χ2n) is 4.19. The number of benzene rings is 2. The summed E-state index contributed by atoms with van der Waals surface area (Å²) in [5.41, 5.74) is 1.43. The third-order valence-corrected chi connectivity index (χ3v) is 4.79. The fourth-order valence-corrected chi connectivity index (χ4v) is 3.35. The molecule has 20 heavy (non-hydrogen) atoms. The summed E-state index contributed by atoms with van der Waals surface area (Å²) in [5, 5.41) is 2.57. The zero-order valence-electron chi connectivity index (χ0n) is 10.9. The molecule has 104 valence electrons. The van der Waals surface area contributed by atoms with Crippen LogP contribution in [0.15, 0.2) is 57.9 Å². The first-order valence-electron chi connectivity index (χ1n) is 6.05. The number of rotatable bonds is 4. The van der Waals surface area contributed by atoms with Crippen molar-refractivity contribution in [3.8, 4) is 0 Å². The SMILES string of the molecule is CNC(=O)c1ccccc1[S@@](=O)Cc1ccc(Br)cc1. The minimum absolute atomic E-state index is 0.218. The Bertz CT molecular complexity index is 641. The van der Waals surface area contributed by atoms with E-state index in [-0.39, 0.29) is 5.91 Å². The molecule has 1 atom stereocenters. The Morgan fingerprint density at radius 1 is 1.15 bits per heavy atom. The Morgan fingerprint density at radius 3 is 2.45 bits per heavy atom. The molecule has 1 amide bonds. The first-order valence-corrected chi connectivity index (χ1v) is 8.17. The highest BCUT2D eigenvalue weighted by molar-refractivity contribution is 9.10. The van der Waals surface area contributed by atoms with Crippen LogP contribution in [0.4, 0.5) is 0 Å². The van der Waals surface area contributed by atoms with E-state index in [1.807, 2.05) is 24.3 Å². The monoisotopic (exact) mass is 351 g/mol. The van der Waals surface area contributed by atoms with E-state index in [9.17, 15) is 9.00 Å². The Hall–Kier alpha value is -1.46. The lowest BCUT2D eigenvalue weighted by molar-refractivity contribution is 0.0960. The molecular formula is C15H14BrNO2S.